The minimum absolute atomic E-state index is 0.297. The fourth-order valence-corrected chi connectivity index (χ4v) is 1.74. The Morgan fingerprint density at radius 3 is 2.79 bits per heavy atom. The first kappa shape index (κ1) is 15.7. The predicted molar refractivity (Wildman–Crippen MR) is 75.4 cm³/mol. The van der Waals surface area contributed by atoms with Crippen molar-refractivity contribution in [1.82, 2.24) is 20.1 Å². The molecule has 1 aromatic heterocycles. The Labute approximate surface area is 118 Å². The second-order valence-corrected chi connectivity index (χ2v) is 5.69. The van der Waals surface area contributed by atoms with Crippen LogP contribution >= 0.6 is 12.2 Å². The number of unbranched alkanes of at least 4 members (excludes halogenated alkanes) is 1. The summed E-state index contributed by atoms with van der Waals surface area (Å²) in [4.78, 5) is 11.6. The number of ether oxygens (including phenoxy) is 1. The fourth-order valence-electron chi connectivity index (χ4n) is 1.50. The molecule has 0 aliphatic carbocycles. The number of nitrogens with one attached hydrogen (secondary N) is 2. The lowest BCUT2D eigenvalue weighted by Gasteiger charge is -2.19. The summed E-state index contributed by atoms with van der Waals surface area (Å²) >= 11 is 5.15. The zero-order valence-electron chi connectivity index (χ0n) is 11.9. The molecule has 0 aromatic carbocycles. The van der Waals surface area contributed by atoms with E-state index in [4.69, 9.17) is 17.0 Å². The molecular weight excluding hydrogens is 264 g/mol. The molecule has 6 nitrogen and oxygen atoms in total. The highest BCUT2D eigenvalue weighted by Gasteiger charge is 2.16. The Morgan fingerprint density at radius 2 is 2.21 bits per heavy atom. The second kappa shape index (κ2) is 6.70. The van der Waals surface area contributed by atoms with E-state index in [1.807, 2.05) is 25.3 Å². The maximum Gasteiger partial charge on any atom is 0.408 e. The summed E-state index contributed by atoms with van der Waals surface area (Å²) in [7, 11) is 0. The van der Waals surface area contributed by atoms with Crippen molar-refractivity contribution in [3.63, 3.8) is 0 Å². The summed E-state index contributed by atoms with van der Waals surface area (Å²) in [5, 5.41) is 9.53. The van der Waals surface area contributed by atoms with Gasteiger partial charge in [-0.3, -0.25) is 5.10 Å². The molecule has 1 heterocycles. The highest BCUT2D eigenvalue weighted by atomic mass is 32.1. The van der Waals surface area contributed by atoms with Gasteiger partial charge in [0.1, 0.15) is 5.60 Å². The van der Waals surface area contributed by atoms with Crippen molar-refractivity contribution in [3.8, 4) is 0 Å². The molecule has 0 atom stereocenters. The summed E-state index contributed by atoms with van der Waals surface area (Å²) in [6.07, 6.45) is 1.64. The standard InChI is InChI=1S/C12H22N4O2S/c1-5-6-7-16-9(14-15-10(16)19)8-13-11(17)18-12(2,3)4/h5-8H2,1-4H3,(H,13,17)(H,15,19). The number of H-pyrrole nitrogens is 1. The first-order valence-electron chi connectivity index (χ1n) is 6.44. The molecular formula is C12H22N4O2S. The minimum Gasteiger partial charge on any atom is -0.444 e. The van der Waals surface area contributed by atoms with Crippen LogP contribution in [-0.2, 0) is 17.8 Å². The summed E-state index contributed by atoms with van der Waals surface area (Å²) in [6, 6.07) is 0. The van der Waals surface area contributed by atoms with E-state index in [0.29, 0.717) is 17.1 Å². The molecule has 0 fully saturated rings. The van der Waals surface area contributed by atoms with Crippen LogP contribution in [0.2, 0.25) is 0 Å². The van der Waals surface area contributed by atoms with Crippen molar-refractivity contribution in [2.24, 2.45) is 0 Å². The number of carbonyl (C=O) groups excluding carboxylic acids is 1. The summed E-state index contributed by atoms with van der Waals surface area (Å²) in [6.45, 7) is 8.68. The molecule has 0 saturated carbocycles. The Hall–Kier alpha value is -1.37. The van der Waals surface area contributed by atoms with Gasteiger partial charge in [0.25, 0.3) is 0 Å². The van der Waals surface area contributed by atoms with E-state index >= 15 is 0 Å². The van der Waals surface area contributed by atoms with Crippen LogP contribution in [0.15, 0.2) is 0 Å². The number of amides is 1. The molecule has 0 spiro atoms. The van der Waals surface area contributed by atoms with E-state index in [0.717, 1.165) is 19.4 Å². The van der Waals surface area contributed by atoms with Crippen molar-refractivity contribution in [2.45, 2.75) is 59.2 Å². The SMILES string of the molecule is CCCCn1c(CNC(=O)OC(C)(C)C)n[nH]c1=S. The molecule has 7 heteroatoms. The van der Waals surface area contributed by atoms with Crippen LogP contribution in [-0.4, -0.2) is 26.5 Å². The number of hydrogen-bond donors (Lipinski definition) is 2. The monoisotopic (exact) mass is 286 g/mol. The molecule has 0 aliphatic heterocycles. The Balaban J connectivity index is 2.58. The molecule has 0 bridgehead atoms. The topological polar surface area (TPSA) is 71.9 Å². The van der Waals surface area contributed by atoms with Crippen LogP contribution in [0.25, 0.3) is 0 Å². The van der Waals surface area contributed by atoms with E-state index in [-0.39, 0.29) is 0 Å². The van der Waals surface area contributed by atoms with Crippen LogP contribution in [0.5, 0.6) is 0 Å². The number of aromatic amines is 1. The summed E-state index contributed by atoms with van der Waals surface area (Å²) < 4.78 is 7.64. The zero-order chi connectivity index (χ0) is 14.5. The van der Waals surface area contributed by atoms with Crippen LogP contribution in [0.4, 0.5) is 4.79 Å². The predicted octanol–water partition coefficient (Wildman–Crippen LogP) is 2.77. The Morgan fingerprint density at radius 1 is 1.53 bits per heavy atom. The largest absolute Gasteiger partial charge is 0.444 e. The zero-order valence-corrected chi connectivity index (χ0v) is 12.8. The lowest BCUT2D eigenvalue weighted by Crippen LogP contribution is -2.32. The molecule has 0 saturated heterocycles. The minimum atomic E-state index is -0.503. The van der Waals surface area contributed by atoms with Crippen molar-refractivity contribution >= 4 is 18.3 Å². The Bertz CT molecular complexity index is 473. The normalized spacial score (nSPS) is 11.4. The van der Waals surface area contributed by atoms with Gasteiger partial charge in [-0.15, -0.1) is 0 Å². The van der Waals surface area contributed by atoms with Gasteiger partial charge < -0.3 is 14.6 Å². The quantitative estimate of drug-likeness (QED) is 0.816. The average molecular weight is 286 g/mol. The lowest BCUT2D eigenvalue weighted by atomic mass is 10.2. The number of aromatic nitrogens is 3. The molecule has 1 rings (SSSR count). The van der Waals surface area contributed by atoms with Crippen molar-refractivity contribution in [1.29, 1.82) is 0 Å². The van der Waals surface area contributed by atoms with E-state index < -0.39 is 11.7 Å². The van der Waals surface area contributed by atoms with Gasteiger partial charge in [-0.25, -0.2) is 4.79 Å². The summed E-state index contributed by atoms with van der Waals surface area (Å²) in [5.74, 6) is 0.712. The van der Waals surface area contributed by atoms with E-state index in [2.05, 4.69) is 22.4 Å². The van der Waals surface area contributed by atoms with Crippen LogP contribution < -0.4 is 5.32 Å². The van der Waals surface area contributed by atoms with Crippen LogP contribution in [0.1, 0.15) is 46.4 Å². The van der Waals surface area contributed by atoms with Crippen molar-refractivity contribution in [3.05, 3.63) is 10.6 Å². The fraction of sp³-hybridized carbons (Fsp3) is 0.750. The van der Waals surface area contributed by atoms with E-state index in [1.54, 1.807) is 0 Å². The average Bonchev–Trinajstić information content (AvgIpc) is 2.62. The number of hydrogen-bond acceptors (Lipinski definition) is 4. The van der Waals surface area contributed by atoms with Gasteiger partial charge in [-0.2, -0.15) is 5.10 Å². The Kier molecular flexibility index (Phi) is 5.53. The number of nitrogens with zero attached hydrogens (tertiary/aromatic N) is 2. The third kappa shape index (κ3) is 5.42. The maximum atomic E-state index is 11.6. The molecule has 0 radical (unpaired) electrons. The van der Waals surface area contributed by atoms with Gasteiger partial charge >= 0.3 is 6.09 Å². The van der Waals surface area contributed by atoms with Crippen LogP contribution in [0.3, 0.4) is 0 Å². The van der Waals surface area contributed by atoms with Crippen LogP contribution in [0, 0.1) is 4.77 Å². The van der Waals surface area contributed by atoms with Gasteiger partial charge in [-0.05, 0) is 39.4 Å². The van der Waals surface area contributed by atoms with E-state index in [9.17, 15) is 4.79 Å². The van der Waals surface area contributed by atoms with Gasteiger partial charge in [0, 0.05) is 6.54 Å². The highest BCUT2D eigenvalue weighted by Crippen LogP contribution is 2.07. The molecule has 1 amide bonds. The molecule has 2 N–H and O–H groups in total. The third-order valence-electron chi connectivity index (χ3n) is 2.36. The highest BCUT2D eigenvalue weighted by molar-refractivity contribution is 7.71. The van der Waals surface area contributed by atoms with Crippen molar-refractivity contribution < 1.29 is 9.53 Å². The van der Waals surface area contributed by atoms with Gasteiger partial charge in [-0.1, -0.05) is 13.3 Å². The second-order valence-electron chi connectivity index (χ2n) is 5.31. The van der Waals surface area contributed by atoms with E-state index in [1.165, 1.54) is 0 Å². The smallest absolute Gasteiger partial charge is 0.408 e. The molecule has 0 unspecified atom stereocenters. The van der Waals surface area contributed by atoms with Gasteiger partial charge in [0.05, 0.1) is 6.54 Å². The molecule has 19 heavy (non-hydrogen) atoms. The van der Waals surface area contributed by atoms with Gasteiger partial charge in [0.2, 0.25) is 0 Å². The molecule has 108 valence electrons. The number of alkyl carbamates (subject to hydrolysis) is 1. The van der Waals surface area contributed by atoms with Gasteiger partial charge in [0.15, 0.2) is 10.6 Å². The molecule has 0 aliphatic rings. The summed E-state index contributed by atoms with van der Waals surface area (Å²) in [5.41, 5.74) is -0.503. The van der Waals surface area contributed by atoms with Crippen molar-refractivity contribution in [2.75, 3.05) is 0 Å². The number of carbonyl (C=O) groups is 1. The maximum absolute atomic E-state index is 11.6. The molecule has 1 aromatic rings. The first-order chi connectivity index (χ1) is 8.83. The lowest BCUT2D eigenvalue weighted by molar-refractivity contribution is 0.0521. The first-order valence-corrected chi connectivity index (χ1v) is 6.85. The third-order valence-corrected chi connectivity index (χ3v) is 2.67. The number of rotatable bonds is 5.